The van der Waals surface area contributed by atoms with Crippen molar-refractivity contribution >= 4 is 11.6 Å². The molecule has 0 radical (unpaired) electrons. The van der Waals surface area contributed by atoms with Crippen LogP contribution in [0.1, 0.15) is 32.9 Å². The third-order valence-electron chi connectivity index (χ3n) is 2.80. The van der Waals surface area contributed by atoms with E-state index in [1.54, 1.807) is 12.3 Å². The van der Waals surface area contributed by atoms with E-state index in [2.05, 4.69) is 10.3 Å². The van der Waals surface area contributed by atoms with Crippen molar-refractivity contribution in [3.8, 4) is 0 Å². The molecular formula is C13H21N3O. The van der Waals surface area contributed by atoms with Crippen LogP contribution in [0.5, 0.6) is 0 Å². The number of carbonyl (C=O) groups is 1. The Morgan fingerprint density at radius 3 is 2.71 bits per heavy atom. The minimum absolute atomic E-state index is 0.0662. The molecule has 0 aliphatic heterocycles. The van der Waals surface area contributed by atoms with Crippen molar-refractivity contribution in [1.29, 1.82) is 0 Å². The predicted molar refractivity (Wildman–Crippen MR) is 69.7 cm³/mol. The van der Waals surface area contributed by atoms with Gasteiger partial charge in [0.25, 0.3) is 0 Å². The van der Waals surface area contributed by atoms with Crippen LogP contribution in [-0.2, 0) is 4.79 Å². The molecule has 0 saturated carbocycles. The lowest BCUT2D eigenvalue weighted by atomic mass is 9.85. The van der Waals surface area contributed by atoms with E-state index in [4.69, 9.17) is 5.73 Å². The van der Waals surface area contributed by atoms with E-state index in [0.717, 1.165) is 11.4 Å². The van der Waals surface area contributed by atoms with Crippen LogP contribution in [0, 0.1) is 12.3 Å². The van der Waals surface area contributed by atoms with E-state index in [9.17, 15) is 4.79 Å². The first-order chi connectivity index (χ1) is 7.80. The van der Waals surface area contributed by atoms with Gasteiger partial charge in [0, 0.05) is 18.7 Å². The van der Waals surface area contributed by atoms with Gasteiger partial charge in [0.15, 0.2) is 0 Å². The molecule has 1 atom stereocenters. The molecule has 3 N–H and O–H groups in total. The second-order valence-electron chi connectivity index (χ2n) is 5.36. The number of aryl methyl sites for hydroxylation is 1. The summed E-state index contributed by atoms with van der Waals surface area (Å²) in [5.74, 6) is -0.0662. The van der Waals surface area contributed by atoms with E-state index in [-0.39, 0.29) is 17.4 Å². The number of anilines is 1. The van der Waals surface area contributed by atoms with Crippen molar-refractivity contribution in [1.82, 2.24) is 4.98 Å². The maximum Gasteiger partial charge on any atom is 0.226 e. The fraction of sp³-hybridized carbons (Fsp3) is 0.538. The maximum atomic E-state index is 11.8. The molecule has 94 valence electrons. The molecule has 4 heteroatoms. The molecular weight excluding hydrogens is 214 g/mol. The summed E-state index contributed by atoms with van der Waals surface area (Å²) in [6.07, 6.45) is 2.02. The zero-order valence-corrected chi connectivity index (χ0v) is 10.9. The smallest absolute Gasteiger partial charge is 0.226 e. The first-order valence-electron chi connectivity index (χ1n) is 5.78. The van der Waals surface area contributed by atoms with Gasteiger partial charge >= 0.3 is 0 Å². The van der Waals surface area contributed by atoms with Gasteiger partial charge in [-0.15, -0.1) is 0 Å². The normalized spacial score (nSPS) is 13.2. The average molecular weight is 235 g/mol. The Kier molecular flexibility index (Phi) is 4.23. The summed E-state index contributed by atoms with van der Waals surface area (Å²) in [5.41, 5.74) is 7.46. The number of pyridine rings is 1. The molecule has 0 saturated heterocycles. The number of amides is 1. The van der Waals surface area contributed by atoms with Gasteiger partial charge < -0.3 is 11.1 Å². The van der Waals surface area contributed by atoms with Crippen molar-refractivity contribution in [2.24, 2.45) is 11.1 Å². The Morgan fingerprint density at radius 1 is 1.53 bits per heavy atom. The first-order valence-corrected chi connectivity index (χ1v) is 5.78. The number of hydrogen-bond acceptors (Lipinski definition) is 3. The molecule has 1 amide bonds. The highest BCUT2D eigenvalue weighted by molar-refractivity contribution is 5.91. The summed E-state index contributed by atoms with van der Waals surface area (Å²) >= 11 is 0. The standard InChI is InChI=1S/C13H21N3O/c1-9-10(6-5-7-15-9)16-12(17)8-11(14)13(2,3)4/h5-7,11H,8,14H2,1-4H3,(H,16,17). The fourth-order valence-corrected chi connectivity index (χ4v) is 1.32. The maximum absolute atomic E-state index is 11.8. The molecule has 17 heavy (non-hydrogen) atoms. The van der Waals surface area contributed by atoms with Crippen molar-refractivity contribution in [2.45, 2.75) is 40.2 Å². The Morgan fingerprint density at radius 2 is 2.18 bits per heavy atom. The third-order valence-corrected chi connectivity index (χ3v) is 2.80. The highest BCUT2D eigenvalue weighted by Crippen LogP contribution is 2.20. The van der Waals surface area contributed by atoms with E-state index in [1.165, 1.54) is 0 Å². The van der Waals surface area contributed by atoms with Crippen LogP contribution in [0.3, 0.4) is 0 Å². The zero-order valence-electron chi connectivity index (χ0n) is 10.9. The number of nitrogens with zero attached hydrogens (tertiary/aromatic N) is 1. The van der Waals surface area contributed by atoms with Gasteiger partial charge in [-0.05, 0) is 24.5 Å². The Bertz CT molecular complexity index is 396. The molecule has 1 aromatic heterocycles. The monoisotopic (exact) mass is 235 g/mol. The van der Waals surface area contributed by atoms with Gasteiger partial charge in [0.2, 0.25) is 5.91 Å². The molecule has 1 unspecified atom stereocenters. The average Bonchev–Trinajstić information content (AvgIpc) is 2.20. The SMILES string of the molecule is Cc1ncccc1NC(=O)CC(N)C(C)(C)C. The van der Waals surface area contributed by atoms with Crippen molar-refractivity contribution in [2.75, 3.05) is 5.32 Å². The van der Waals surface area contributed by atoms with Crippen LogP contribution < -0.4 is 11.1 Å². The number of rotatable bonds is 3. The topological polar surface area (TPSA) is 68.0 Å². The van der Waals surface area contributed by atoms with Crippen LogP contribution >= 0.6 is 0 Å². The van der Waals surface area contributed by atoms with E-state index >= 15 is 0 Å². The molecule has 0 spiro atoms. The lowest BCUT2D eigenvalue weighted by molar-refractivity contribution is -0.117. The first kappa shape index (κ1) is 13.6. The van der Waals surface area contributed by atoms with Gasteiger partial charge in [-0.2, -0.15) is 0 Å². The number of carbonyl (C=O) groups excluding carboxylic acids is 1. The molecule has 1 rings (SSSR count). The number of nitrogens with one attached hydrogen (secondary N) is 1. The predicted octanol–water partition coefficient (Wildman–Crippen LogP) is 2.09. The van der Waals surface area contributed by atoms with Gasteiger partial charge in [-0.1, -0.05) is 20.8 Å². The largest absolute Gasteiger partial charge is 0.327 e. The Hall–Kier alpha value is -1.42. The minimum Gasteiger partial charge on any atom is -0.327 e. The highest BCUT2D eigenvalue weighted by atomic mass is 16.1. The van der Waals surface area contributed by atoms with E-state index in [0.29, 0.717) is 6.42 Å². The summed E-state index contributed by atoms with van der Waals surface area (Å²) < 4.78 is 0. The summed E-state index contributed by atoms with van der Waals surface area (Å²) in [7, 11) is 0. The van der Waals surface area contributed by atoms with E-state index < -0.39 is 0 Å². The molecule has 0 aliphatic rings. The number of hydrogen-bond donors (Lipinski definition) is 2. The van der Waals surface area contributed by atoms with Gasteiger partial charge in [0.05, 0.1) is 11.4 Å². The van der Waals surface area contributed by atoms with Crippen LogP contribution in [-0.4, -0.2) is 16.9 Å². The second-order valence-corrected chi connectivity index (χ2v) is 5.36. The lowest BCUT2D eigenvalue weighted by Gasteiger charge is -2.26. The minimum atomic E-state index is -0.153. The molecule has 4 nitrogen and oxygen atoms in total. The van der Waals surface area contributed by atoms with Gasteiger partial charge in [0.1, 0.15) is 0 Å². The Labute approximate surface area is 103 Å². The summed E-state index contributed by atoms with van der Waals surface area (Å²) in [6.45, 7) is 7.94. The molecule has 1 aromatic rings. The molecule has 0 aromatic carbocycles. The molecule has 1 heterocycles. The van der Waals surface area contributed by atoms with Gasteiger partial charge in [-0.3, -0.25) is 9.78 Å². The van der Waals surface area contributed by atoms with Crippen molar-refractivity contribution in [3.63, 3.8) is 0 Å². The summed E-state index contributed by atoms with van der Waals surface area (Å²) in [4.78, 5) is 15.9. The van der Waals surface area contributed by atoms with Crippen LogP contribution in [0.25, 0.3) is 0 Å². The Balaban J connectivity index is 2.60. The highest BCUT2D eigenvalue weighted by Gasteiger charge is 2.23. The number of aromatic nitrogens is 1. The fourth-order valence-electron chi connectivity index (χ4n) is 1.32. The van der Waals surface area contributed by atoms with Crippen LogP contribution in [0.15, 0.2) is 18.3 Å². The van der Waals surface area contributed by atoms with Crippen LogP contribution in [0.2, 0.25) is 0 Å². The van der Waals surface area contributed by atoms with Crippen molar-refractivity contribution < 1.29 is 4.79 Å². The third kappa shape index (κ3) is 4.15. The molecule has 0 aliphatic carbocycles. The van der Waals surface area contributed by atoms with Crippen LogP contribution in [0.4, 0.5) is 5.69 Å². The van der Waals surface area contributed by atoms with Gasteiger partial charge in [-0.25, -0.2) is 0 Å². The number of nitrogens with two attached hydrogens (primary N) is 1. The zero-order chi connectivity index (χ0) is 13.1. The molecule has 0 fully saturated rings. The van der Waals surface area contributed by atoms with Crippen molar-refractivity contribution in [3.05, 3.63) is 24.0 Å². The quantitative estimate of drug-likeness (QED) is 0.843. The summed E-state index contributed by atoms with van der Waals surface area (Å²) in [5, 5.41) is 2.83. The second kappa shape index (κ2) is 5.27. The molecule has 0 bridgehead atoms. The summed E-state index contributed by atoms with van der Waals surface area (Å²) in [6, 6.07) is 3.48. The van der Waals surface area contributed by atoms with E-state index in [1.807, 2.05) is 33.8 Å². The lowest BCUT2D eigenvalue weighted by Crippen LogP contribution is -2.38.